The van der Waals surface area contributed by atoms with E-state index in [1.54, 1.807) is 6.07 Å². The van der Waals surface area contributed by atoms with Crippen molar-refractivity contribution in [3.63, 3.8) is 0 Å². The molecule has 4 nitrogen and oxygen atoms in total. The highest BCUT2D eigenvalue weighted by atomic mass is 19.4. The Morgan fingerprint density at radius 3 is 2.15 bits per heavy atom. The third kappa shape index (κ3) is 4.80. The molecule has 0 amide bonds. The number of nitrogens with two attached hydrogens (primary N) is 1. The van der Waals surface area contributed by atoms with Gasteiger partial charge in [0.05, 0.1) is 14.2 Å². The van der Waals surface area contributed by atoms with Crippen LogP contribution in [-0.2, 0) is 6.42 Å². The van der Waals surface area contributed by atoms with Crippen molar-refractivity contribution < 1.29 is 27.4 Å². The summed E-state index contributed by atoms with van der Waals surface area (Å²) in [5.74, 6) is 0.612. The number of hydrogen-bond donors (Lipinski definition) is 1. The molecule has 114 valence electrons. The van der Waals surface area contributed by atoms with Gasteiger partial charge < -0.3 is 19.9 Å². The Morgan fingerprint density at radius 1 is 1.10 bits per heavy atom. The van der Waals surface area contributed by atoms with Crippen LogP contribution in [0.1, 0.15) is 12.5 Å². The lowest BCUT2D eigenvalue weighted by Gasteiger charge is -2.17. The van der Waals surface area contributed by atoms with E-state index in [1.807, 2.05) is 6.92 Å². The van der Waals surface area contributed by atoms with Crippen LogP contribution in [0.15, 0.2) is 12.1 Å². The summed E-state index contributed by atoms with van der Waals surface area (Å²) in [6, 6.07) is 2.84. The second-order valence-electron chi connectivity index (χ2n) is 4.40. The van der Waals surface area contributed by atoms with Crippen LogP contribution in [0.25, 0.3) is 0 Å². The first kappa shape index (κ1) is 16.4. The number of halogens is 3. The molecule has 1 aromatic carbocycles. The van der Waals surface area contributed by atoms with Gasteiger partial charge in [0.25, 0.3) is 0 Å². The molecule has 0 aliphatic carbocycles. The van der Waals surface area contributed by atoms with Gasteiger partial charge in [0.15, 0.2) is 18.1 Å². The zero-order chi connectivity index (χ0) is 15.3. The molecule has 1 rings (SSSR count). The van der Waals surface area contributed by atoms with Crippen LogP contribution in [0.4, 0.5) is 13.2 Å². The van der Waals surface area contributed by atoms with Gasteiger partial charge >= 0.3 is 6.18 Å². The van der Waals surface area contributed by atoms with Gasteiger partial charge in [0.1, 0.15) is 5.75 Å². The summed E-state index contributed by atoms with van der Waals surface area (Å²) in [5.41, 5.74) is 6.47. The number of hydrogen-bond acceptors (Lipinski definition) is 4. The van der Waals surface area contributed by atoms with E-state index in [9.17, 15) is 13.2 Å². The van der Waals surface area contributed by atoms with Gasteiger partial charge in [-0.3, -0.25) is 0 Å². The van der Waals surface area contributed by atoms with E-state index < -0.39 is 12.8 Å². The van der Waals surface area contributed by atoms with Crippen LogP contribution in [0.5, 0.6) is 17.2 Å². The quantitative estimate of drug-likeness (QED) is 0.875. The van der Waals surface area contributed by atoms with Gasteiger partial charge in [-0.25, -0.2) is 0 Å². The molecule has 1 atom stereocenters. The summed E-state index contributed by atoms with van der Waals surface area (Å²) in [6.07, 6.45) is -3.90. The van der Waals surface area contributed by atoms with Gasteiger partial charge in [0.2, 0.25) is 0 Å². The number of ether oxygens (including phenoxy) is 3. The minimum atomic E-state index is -4.41. The Bertz CT molecular complexity index is 447. The normalized spacial score (nSPS) is 12.9. The Morgan fingerprint density at radius 2 is 1.70 bits per heavy atom. The van der Waals surface area contributed by atoms with Crippen molar-refractivity contribution in [2.24, 2.45) is 5.73 Å². The fourth-order valence-corrected chi connectivity index (χ4v) is 1.71. The molecule has 1 aromatic rings. The van der Waals surface area contributed by atoms with Crippen molar-refractivity contribution >= 4 is 0 Å². The van der Waals surface area contributed by atoms with Crippen LogP contribution in [-0.4, -0.2) is 33.0 Å². The number of benzene rings is 1. The lowest BCUT2D eigenvalue weighted by atomic mass is 10.1. The Kier molecular flexibility index (Phi) is 5.50. The zero-order valence-corrected chi connectivity index (χ0v) is 11.6. The van der Waals surface area contributed by atoms with Gasteiger partial charge in [-0.05, 0) is 25.0 Å². The highest BCUT2D eigenvalue weighted by Gasteiger charge is 2.29. The van der Waals surface area contributed by atoms with E-state index in [2.05, 4.69) is 0 Å². The van der Waals surface area contributed by atoms with E-state index >= 15 is 0 Å². The predicted molar refractivity (Wildman–Crippen MR) is 68.4 cm³/mol. The van der Waals surface area contributed by atoms with E-state index in [-0.39, 0.29) is 17.5 Å². The smallest absolute Gasteiger partial charge is 0.422 e. The molecule has 0 saturated carbocycles. The molecule has 0 radical (unpaired) electrons. The number of alkyl halides is 3. The van der Waals surface area contributed by atoms with Crippen LogP contribution in [0.3, 0.4) is 0 Å². The summed E-state index contributed by atoms with van der Waals surface area (Å²) >= 11 is 0. The molecule has 20 heavy (non-hydrogen) atoms. The molecule has 0 spiro atoms. The summed E-state index contributed by atoms with van der Waals surface area (Å²) in [7, 11) is 2.79. The van der Waals surface area contributed by atoms with Crippen LogP contribution >= 0.6 is 0 Å². The maximum absolute atomic E-state index is 12.2. The Balaban J connectivity index is 3.05. The van der Waals surface area contributed by atoms with Crippen LogP contribution in [0, 0.1) is 0 Å². The first-order valence-corrected chi connectivity index (χ1v) is 5.97. The SMILES string of the molecule is COc1cc(OCC(F)(F)F)c(OC)cc1CC(C)N. The summed E-state index contributed by atoms with van der Waals surface area (Å²) in [5, 5.41) is 0. The van der Waals surface area contributed by atoms with E-state index in [4.69, 9.17) is 19.9 Å². The highest BCUT2D eigenvalue weighted by Crippen LogP contribution is 2.36. The summed E-state index contributed by atoms with van der Waals surface area (Å²) < 4.78 is 51.5. The van der Waals surface area contributed by atoms with Gasteiger partial charge in [-0.1, -0.05) is 0 Å². The van der Waals surface area contributed by atoms with Gasteiger partial charge in [-0.15, -0.1) is 0 Å². The summed E-state index contributed by atoms with van der Waals surface area (Å²) in [6.45, 7) is 0.430. The van der Waals surface area contributed by atoms with Crippen molar-refractivity contribution in [1.82, 2.24) is 0 Å². The molecule has 0 heterocycles. The first-order valence-electron chi connectivity index (χ1n) is 5.97. The van der Waals surface area contributed by atoms with Gasteiger partial charge in [0, 0.05) is 12.1 Å². The maximum Gasteiger partial charge on any atom is 0.422 e. The fourth-order valence-electron chi connectivity index (χ4n) is 1.71. The molecule has 1 unspecified atom stereocenters. The minimum absolute atomic E-state index is 0.0184. The molecular weight excluding hydrogens is 275 g/mol. The standard InChI is InChI=1S/C13H18F3NO3/c1-8(17)4-9-5-11(19-3)12(6-10(9)18-2)20-7-13(14,15)16/h5-6,8H,4,7,17H2,1-3H3. The van der Waals surface area contributed by atoms with Crippen molar-refractivity contribution in [2.45, 2.75) is 25.6 Å². The van der Waals surface area contributed by atoms with Crippen molar-refractivity contribution in [2.75, 3.05) is 20.8 Å². The molecule has 2 N–H and O–H groups in total. The third-order valence-electron chi connectivity index (χ3n) is 2.50. The second-order valence-corrected chi connectivity index (χ2v) is 4.40. The molecule has 0 aliphatic rings. The molecule has 7 heteroatoms. The largest absolute Gasteiger partial charge is 0.496 e. The van der Waals surface area contributed by atoms with Crippen LogP contribution < -0.4 is 19.9 Å². The Hall–Kier alpha value is -1.63. The lowest BCUT2D eigenvalue weighted by Crippen LogP contribution is -2.20. The number of rotatable bonds is 6. The van der Waals surface area contributed by atoms with E-state index in [1.165, 1.54) is 20.3 Å². The lowest BCUT2D eigenvalue weighted by molar-refractivity contribution is -0.153. The minimum Gasteiger partial charge on any atom is -0.496 e. The second kappa shape index (κ2) is 6.69. The van der Waals surface area contributed by atoms with Crippen molar-refractivity contribution in [3.05, 3.63) is 17.7 Å². The van der Waals surface area contributed by atoms with E-state index in [0.29, 0.717) is 12.2 Å². The van der Waals surface area contributed by atoms with Crippen LogP contribution in [0.2, 0.25) is 0 Å². The number of methoxy groups -OCH3 is 2. The monoisotopic (exact) mass is 293 g/mol. The van der Waals surface area contributed by atoms with Crippen molar-refractivity contribution in [1.29, 1.82) is 0 Å². The first-order chi connectivity index (χ1) is 9.26. The fraction of sp³-hybridized carbons (Fsp3) is 0.538. The van der Waals surface area contributed by atoms with Gasteiger partial charge in [-0.2, -0.15) is 13.2 Å². The average Bonchev–Trinajstić information content (AvgIpc) is 2.34. The Labute approximate surface area is 115 Å². The topological polar surface area (TPSA) is 53.7 Å². The highest BCUT2D eigenvalue weighted by molar-refractivity contribution is 5.51. The zero-order valence-electron chi connectivity index (χ0n) is 11.6. The molecular formula is C13H18F3NO3. The molecule has 0 saturated heterocycles. The molecule has 0 fully saturated rings. The molecule has 0 aliphatic heterocycles. The van der Waals surface area contributed by atoms with E-state index in [0.717, 1.165) is 5.56 Å². The van der Waals surface area contributed by atoms with Crippen molar-refractivity contribution in [3.8, 4) is 17.2 Å². The third-order valence-corrected chi connectivity index (χ3v) is 2.50. The summed E-state index contributed by atoms with van der Waals surface area (Å²) in [4.78, 5) is 0. The average molecular weight is 293 g/mol. The molecule has 0 aromatic heterocycles. The molecule has 0 bridgehead atoms. The maximum atomic E-state index is 12.2. The predicted octanol–water partition coefficient (Wildman–Crippen LogP) is 2.53.